The Morgan fingerprint density at radius 3 is 2.52 bits per heavy atom. The summed E-state index contributed by atoms with van der Waals surface area (Å²) in [5, 5.41) is 0.884. The SMILES string of the molecule is CCn1c(=O)[nH]c(=O)c2c(C(=O)N3CCN(Cc4cccc(Cl)c4)CC3)cc(C(C)C)nc21. The Morgan fingerprint density at radius 1 is 1.15 bits per heavy atom. The molecule has 1 aliphatic rings. The van der Waals surface area contributed by atoms with Gasteiger partial charge in [-0.1, -0.05) is 37.6 Å². The van der Waals surface area contributed by atoms with Crippen molar-refractivity contribution in [1.82, 2.24) is 24.3 Å². The Morgan fingerprint density at radius 2 is 1.88 bits per heavy atom. The van der Waals surface area contributed by atoms with Crippen molar-refractivity contribution in [1.29, 1.82) is 0 Å². The van der Waals surface area contributed by atoms with Crippen molar-refractivity contribution in [3.63, 3.8) is 0 Å². The van der Waals surface area contributed by atoms with Gasteiger partial charge in [-0.05, 0) is 36.6 Å². The van der Waals surface area contributed by atoms with Crippen LogP contribution >= 0.6 is 11.6 Å². The molecule has 1 saturated heterocycles. The molecule has 4 rings (SSSR count). The average molecular weight is 470 g/mol. The van der Waals surface area contributed by atoms with E-state index in [1.807, 2.05) is 45.0 Å². The topological polar surface area (TPSA) is 91.3 Å². The lowest BCUT2D eigenvalue weighted by Crippen LogP contribution is -2.48. The van der Waals surface area contributed by atoms with E-state index in [0.717, 1.165) is 12.1 Å². The van der Waals surface area contributed by atoms with E-state index < -0.39 is 11.2 Å². The zero-order valence-corrected chi connectivity index (χ0v) is 19.9. The Balaban J connectivity index is 1.63. The van der Waals surface area contributed by atoms with Crippen molar-refractivity contribution < 1.29 is 4.79 Å². The number of amides is 1. The maximum absolute atomic E-state index is 13.6. The van der Waals surface area contributed by atoms with Gasteiger partial charge in [0.25, 0.3) is 11.5 Å². The number of rotatable bonds is 5. The monoisotopic (exact) mass is 469 g/mol. The van der Waals surface area contributed by atoms with Crippen LogP contribution in [0.15, 0.2) is 39.9 Å². The number of carbonyl (C=O) groups excluding carboxylic acids is 1. The number of fused-ring (bicyclic) bond motifs is 1. The first-order chi connectivity index (χ1) is 15.8. The minimum Gasteiger partial charge on any atom is -0.336 e. The summed E-state index contributed by atoms with van der Waals surface area (Å²) in [4.78, 5) is 49.6. The Hall–Kier alpha value is -2.97. The molecule has 1 aliphatic heterocycles. The molecule has 174 valence electrons. The minimum atomic E-state index is -0.578. The van der Waals surface area contributed by atoms with Crippen LogP contribution in [0, 0.1) is 0 Å². The summed E-state index contributed by atoms with van der Waals surface area (Å²) in [6.45, 7) is 9.39. The summed E-state index contributed by atoms with van der Waals surface area (Å²) >= 11 is 6.10. The number of carbonyl (C=O) groups is 1. The van der Waals surface area contributed by atoms with Crippen molar-refractivity contribution in [3.05, 3.63) is 73.0 Å². The van der Waals surface area contributed by atoms with E-state index in [1.54, 1.807) is 11.0 Å². The van der Waals surface area contributed by atoms with Crippen molar-refractivity contribution >= 4 is 28.5 Å². The van der Waals surface area contributed by atoms with Gasteiger partial charge >= 0.3 is 5.69 Å². The first-order valence-electron chi connectivity index (χ1n) is 11.2. The second-order valence-corrected chi connectivity index (χ2v) is 9.09. The fraction of sp³-hybridized carbons (Fsp3) is 0.417. The van der Waals surface area contributed by atoms with E-state index in [-0.39, 0.29) is 22.9 Å². The zero-order chi connectivity index (χ0) is 23.7. The number of nitrogens with one attached hydrogen (secondary N) is 1. The number of halogens is 1. The fourth-order valence-electron chi connectivity index (χ4n) is 4.22. The van der Waals surface area contributed by atoms with Crippen molar-refractivity contribution in [2.75, 3.05) is 26.2 Å². The van der Waals surface area contributed by atoms with E-state index in [1.165, 1.54) is 4.57 Å². The molecular formula is C24H28ClN5O3. The lowest BCUT2D eigenvalue weighted by Gasteiger charge is -2.35. The summed E-state index contributed by atoms with van der Waals surface area (Å²) in [7, 11) is 0. The number of nitrogens with zero attached hydrogens (tertiary/aromatic N) is 4. The zero-order valence-electron chi connectivity index (χ0n) is 19.1. The van der Waals surface area contributed by atoms with Crippen LogP contribution in [0.4, 0.5) is 0 Å². The number of benzene rings is 1. The fourth-order valence-corrected chi connectivity index (χ4v) is 4.44. The molecule has 0 unspecified atom stereocenters. The lowest BCUT2D eigenvalue weighted by atomic mass is 10.0. The van der Waals surface area contributed by atoms with Gasteiger partial charge < -0.3 is 4.90 Å². The van der Waals surface area contributed by atoms with Crippen molar-refractivity contribution in [2.24, 2.45) is 0 Å². The van der Waals surface area contributed by atoms with Crippen LogP contribution in [0.1, 0.15) is 48.3 Å². The summed E-state index contributed by atoms with van der Waals surface area (Å²) in [6, 6.07) is 9.49. The van der Waals surface area contributed by atoms with E-state index in [0.29, 0.717) is 49.0 Å². The molecule has 0 spiro atoms. The largest absolute Gasteiger partial charge is 0.336 e. The highest BCUT2D eigenvalue weighted by Gasteiger charge is 2.26. The minimum absolute atomic E-state index is 0.0372. The molecule has 3 aromatic rings. The first-order valence-corrected chi connectivity index (χ1v) is 11.6. The van der Waals surface area contributed by atoms with Gasteiger partial charge in [0, 0.05) is 50.0 Å². The third-order valence-corrected chi connectivity index (χ3v) is 6.30. The van der Waals surface area contributed by atoms with Crippen LogP contribution < -0.4 is 11.2 Å². The summed E-state index contributed by atoms with van der Waals surface area (Å²) in [5.74, 6) is -0.173. The van der Waals surface area contributed by atoms with Crippen LogP contribution in [0.3, 0.4) is 0 Å². The van der Waals surface area contributed by atoms with Gasteiger partial charge in [-0.15, -0.1) is 0 Å². The molecule has 1 aromatic carbocycles. The number of piperazine rings is 1. The first kappa shape index (κ1) is 23.2. The number of H-pyrrole nitrogens is 1. The molecule has 1 fully saturated rings. The molecule has 0 saturated carbocycles. The molecule has 8 nitrogen and oxygen atoms in total. The normalized spacial score (nSPS) is 14.9. The quantitative estimate of drug-likeness (QED) is 0.620. The highest BCUT2D eigenvalue weighted by atomic mass is 35.5. The Bertz CT molecular complexity index is 1310. The molecule has 0 atom stereocenters. The van der Waals surface area contributed by atoms with Gasteiger partial charge in [0.15, 0.2) is 5.65 Å². The summed E-state index contributed by atoms with van der Waals surface area (Å²) in [6.07, 6.45) is 0. The predicted molar refractivity (Wildman–Crippen MR) is 129 cm³/mol. The Labute approximate surface area is 196 Å². The number of aryl methyl sites for hydroxylation is 1. The highest BCUT2D eigenvalue weighted by Crippen LogP contribution is 2.22. The van der Waals surface area contributed by atoms with Gasteiger partial charge in [0.1, 0.15) is 0 Å². The Kier molecular flexibility index (Phi) is 6.67. The molecule has 0 aliphatic carbocycles. The van der Waals surface area contributed by atoms with Crippen molar-refractivity contribution in [3.8, 4) is 0 Å². The van der Waals surface area contributed by atoms with Crippen molar-refractivity contribution in [2.45, 2.75) is 39.8 Å². The molecule has 3 heterocycles. The maximum atomic E-state index is 13.6. The molecule has 1 N–H and O–H groups in total. The van der Waals surface area contributed by atoms with Gasteiger partial charge in [-0.3, -0.25) is 24.0 Å². The van der Waals surface area contributed by atoms with Crippen LogP contribution in [-0.2, 0) is 13.1 Å². The predicted octanol–water partition coefficient (Wildman–Crippen LogP) is 2.84. The van der Waals surface area contributed by atoms with Gasteiger partial charge in [0.2, 0.25) is 0 Å². The molecular weight excluding hydrogens is 442 g/mol. The molecule has 1 amide bonds. The smallest absolute Gasteiger partial charge is 0.329 e. The lowest BCUT2D eigenvalue weighted by molar-refractivity contribution is 0.0630. The van der Waals surface area contributed by atoms with E-state index >= 15 is 0 Å². The number of aromatic nitrogens is 3. The van der Waals surface area contributed by atoms with Gasteiger partial charge in [-0.25, -0.2) is 9.78 Å². The number of hydrogen-bond acceptors (Lipinski definition) is 5. The number of hydrogen-bond donors (Lipinski definition) is 1. The average Bonchev–Trinajstić information content (AvgIpc) is 2.78. The third kappa shape index (κ3) is 4.72. The third-order valence-electron chi connectivity index (χ3n) is 6.06. The van der Waals surface area contributed by atoms with Crippen LogP contribution in [0.25, 0.3) is 11.0 Å². The van der Waals surface area contributed by atoms with Crippen LogP contribution in [0.5, 0.6) is 0 Å². The van der Waals surface area contributed by atoms with Gasteiger partial charge in [0.05, 0.1) is 10.9 Å². The summed E-state index contributed by atoms with van der Waals surface area (Å²) in [5.41, 5.74) is 1.28. The molecule has 9 heteroatoms. The highest BCUT2D eigenvalue weighted by molar-refractivity contribution is 6.30. The maximum Gasteiger partial charge on any atom is 0.329 e. The van der Waals surface area contributed by atoms with E-state index in [9.17, 15) is 14.4 Å². The summed E-state index contributed by atoms with van der Waals surface area (Å²) < 4.78 is 1.41. The van der Waals surface area contributed by atoms with Crippen LogP contribution in [-0.4, -0.2) is 56.4 Å². The van der Waals surface area contributed by atoms with Crippen LogP contribution in [0.2, 0.25) is 5.02 Å². The molecule has 33 heavy (non-hydrogen) atoms. The molecule has 2 aromatic heterocycles. The van der Waals surface area contributed by atoms with E-state index in [2.05, 4.69) is 14.9 Å². The van der Waals surface area contributed by atoms with Gasteiger partial charge in [-0.2, -0.15) is 0 Å². The number of pyridine rings is 1. The molecule has 0 radical (unpaired) electrons. The molecule has 0 bridgehead atoms. The van der Waals surface area contributed by atoms with E-state index in [4.69, 9.17) is 11.6 Å². The standard InChI is InChI=1S/C24H28ClN5O3/c1-4-30-21-20(22(31)27-24(30)33)18(13-19(26-21)15(2)3)23(32)29-10-8-28(9-11-29)14-16-6-5-7-17(25)12-16/h5-7,12-13,15H,4,8-11,14H2,1-3H3,(H,27,31,33). The second-order valence-electron chi connectivity index (χ2n) is 8.65. The number of aromatic amines is 1. The second kappa shape index (κ2) is 9.49.